The second-order valence-electron chi connectivity index (χ2n) is 5.49. The molecule has 0 aliphatic carbocycles. The van der Waals surface area contributed by atoms with Gasteiger partial charge in [-0.05, 0) is 50.7 Å². The fourth-order valence-corrected chi connectivity index (χ4v) is 2.88. The van der Waals surface area contributed by atoms with Crippen LogP contribution in [0, 0.1) is 0 Å². The molecule has 146 valence electrons. The number of esters is 1. The summed E-state index contributed by atoms with van der Waals surface area (Å²) in [6, 6.07) is 4.39. The Hall–Kier alpha value is -2.81. The number of hydrogen-bond acceptors (Lipinski definition) is 7. The van der Waals surface area contributed by atoms with Crippen molar-refractivity contribution in [3.8, 4) is 11.5 Å². The number of nitrogens with one attached hydrogen (secondary N) is 2. The Balaban J connectivity index is 2.39. The van der Waals surface area contributed by atoms with Gasteiger partial charge in [0.05, 0.1) is 31.9 Å². The number of hydrogen-bond donors (Lipinski definition) is 2. The number of rotatable bonds is 6. The van der Waals surface area contributed by atoms with Crippen molar-refractivity contribution in [2.45, 2.75) is 26.8 Å². The first-order valence-corrected chi connectivity index (χ1v) is 8.80. The topological polar surface area (TPSA) is 95.1 Å². The van der Waals surface area contributed by atoms with Crippen LogP contribution in [0.1, 0.15) is 32.4 Å². The molecule has 8 nitrogen and oxygen atoms in total. The van der Waals surface area contributed by atoms with Gasteiger partial charge in [0.2, 0.25) is 0 Å². The lowest BCUT2D eigenvalue weighted by Gasteiger charge is -2.30. The number of benzene rings is 1. The number of allylic oxidation sites excluding steroid dienone is 1. The highest BCUT2D eigenvalue weighted by Gasteiger charge is 2.31. The van der Waals surface area contributed by atoms with Crippen LogP contribution in [0.15, 0.2) is 29.5 Å². The molecule has 1 aliphatic rings. The summed E-state index contributed by atoms with van der Waals surface area (Å²) in [5.74, 6) is 0.0654. The van der Waals surface area contributed by atoms with Gasteiger partial charge >= 0.3 is 12.1 Å². The second-order valence-corrected chi connectivity index (χ2v) is 5.89. The molecule has 0 saturated carbocycles. The van der Waals surface area contributed by atoms with Gasteiger partial charge in [-0.25, -0.2) is 9.59 Å². The largest absolute Gasteiger partial charge is 0.513 e. The normalized spacial score (nSPS) is 16.1. The molecule has 1 aliphatic heterocycles. The van der Waals surface area contributed by atoms with Crippen LogP contribution in [0.5, 0.6) is 11.5 Å². The number of thiocarbonyl (C=S) groups is 1. The van der Waals surface area contributed by atoms with E-state index in [2.05, 4.69) is 10.6 Å². The van der Waals surface area contributed by atoms with Gasteiger partial charge in [-0.3, -0.25) is 0 Å². The van der Waals surface area contributed by atoms with Gasteiger partial charge in [0, 0.05) is 5.70 Å². The van der Waals surface area contributed by atoms with Crippen LogP contribution >= 0.6 is 12.2 Å². The Morgan fingerprint density at radius 2 is 1.85 bits per heavy atom. The highest BCUT2D eigenvalue weighted by atomic mass is 32.1. The molecular formula is C18H22N2O6S. The molecule has 2 rings (SSSR count). The molecule has 9 heteroatoms. The predicted molar refractivity (Wildman–Crippen MR) is 102 cm³/mol. The Labute approximate surface area is 162 Å². The standard InChI is InChI=1S/C18H22N2O6S/c1-5-24-16(21)14-10(3)19-17(27)20-15(14)11-7-8-12(13(9-11)23-4)26-18(22)25-6-2/h7-9,15H,5-6H2,1-4H3,(H2,19,20,27)/t15-/m0/s1. The molecule has 1 atom stereocenters. The molecule has 1 aromatic rings. The van der Waals surface area contributed by atoms with Crippen molar-refractivity contribution in [1.29, 1.82) is 0 Å². The summed E-state index contributed by atoms with van der Waals surface area (Å²) in [6.07, 6.45) is -0.826. The maximum absolute atomic E-state index is 12.4. The van der Waals surface area contributed by atoms with E-state index in [1.807, 2.05) is 0 Å². The van der Waals surface area contributed by atoms with Crippen LogP contribution in [0.4, 0.5) is 4.79 Å². The molecule has 1 aromatic carbocycles. The van der Waals surface area contributed by atoms with Crippen molar-refractivity contribution < 1.29 is 28.5 Å². The Morgan fingerprint density at radius 3 is 2.48 bits per heavy atom. The van der Waals surface area contributed by atoms with Crippen LogP contribution in [0.3, 0.4) is 0 Å². The van der Waals surface area contributed by atoms with Crippen LogP contribution < -0.4 is 20.1 Å². The van der Waals surface area contributed by atoms with E-state index in [1.165, 1.54) is 7.11 Å². The van der Waals surface area contributed by atoms with E-state index >= 15 is 0 Å². The van der Waals surface area contributed by atoms with Crippen LogP contribution in [0.2, 0.25) is 0 Å². The molecule has 0 amide bonds. The SMILES string of the molecule is CCOC(=O)Oc1ccc([C@@H]2NC(=S)NC(C)=C2C(=O)OCC)cc1OC. The Kier molecular flexibility index (Phi) is 7.00. The third kappa shape index (κ3) is 4.88. The molecule has 2 N–H and O–H groups in total. The van der Waals surface area contributed by atoms with Crippen molar-refractivity contribution in [2.75, 3.05) is 20.3 Å². The molecule has 1 heterocycles. The smallest absolute Gasteiger partial charge is 0.493 e. The van der Waals surface area contributed by atoms with E-state index in [-0.39, 0.29) is 19.0 Å². The number of methoxy groups -OCH3 is 1. The fourth-order valence-electron chi connectivity index (χ4n) is 2.61. The molecular weight excluding hydrogens is 372 g/mol. The molecule has 0 fully saturated rings. The van der Waals surface area contributed by atoms with Crippen molar-refractivity contribution in [3.05, 3.63) is 35.0 Å². The molecule has 0 aromatic heterocycles. The van der Waals surface area contributed by atoms with E-state index in [0.29, 0.717) is 27.7 Å². The fraction of sp³-hybridized carbons (Fsp3) is 0.389. The zero-order valence-corrected chi connectivity index (χ0v) is 16.4. The first-order chi connectivity index (χ1) is 12.9. The summed E-state index contributed by atoms with van der Waals surface area (Å²) in [5, 5.41) is 6.37. The van der Waals surface area contributed by atoms with Crippen LogP contribution in [-0.2, 0) is 14.3 Å². The summed E-state index contributed by atoms with van der Waals surface area (Å²) in [5.41, 5.74) is 1.70. The summed E-state index contributed by atoms with van der Waals surface area (Å²) in [7, 11) is 1.45. The quantitative estimate of drug-likeness (QED) is 0.429. The molecule has 27 heavy (non-hydrogen) atoms. The van der Waals surface area contributed by atoms with Gasteiger partial charge in [-0.15, -0.1) is 0 Å². The zero-order chi connectivity index (χ0) is 20.0. The van der Waals surface area contributed by atoms with E-state index in [1.54, 1.807) is 39.0 Å². The van der Waals surface area contributed by atoms with E-state index < -0.39 is 18.2 Å². The summed E-state index contributed by atoms with van der Waals surface area (Å²) in [6.45, 7) is 5.62. The van der Waals surface area contributed by atoms with Gasteiger partial charge in [0.1, 0.15) is 0 Å². The molecule has 0 saturated heterocycles. The minimum Gasteiger partial charge on any atom is -0.493 e. The van der Waals surface area contributed by atoms with Gasteiger partial charge in [0.25, 0.3) is 0 Å². The number of carbonyl (C=O) groups excluding carboxylic acids is 2. The average molecular weight is 394 g/mol. The maximum Gasteiger partial charge on any atom is 0.513 e. The highest BCUT2D eigenvalue weighted by Crippen LogP contribution is 2.34. The van der Waals surface area contributed by atoms with Gasteiger partial charge in [-0.1, -0.05) is 6.07 Å². The molecule has 0 unspecified atom stereocenters. The second kappa shape index (κ2) is 9.22. The van der Waals surface area contributed by atoms with Crippen LogP contribution in [-0.4, -0.2) is 37.6 Å². The Bertz CT molecular complexity index is 777. The van der Waals surface area contributed by atoms with Gasteiger partial charge < -0.3 is 29.6 Å². The summed E-state index contributed by atoms with van der Waals surface area (Å²) in [4.78, 5) is 24.0. The first kappa shape index (κ1) is 20.5. The third-order valence-corrected chi connectivity index (χ3v) is 3.96. The third-order valence-electron chi connectivity index (χ3n) is 3.74. The summed E-state index contributed by atoms with van der Waals surface area (Å²) >= 11 is 5.21. The molecule has 0 radical (unpaired) electrons. The first-order valence-electron chi connectivity index (χ1n) is 8.39. The number of ether oxygens (including phenoxy) is 4. The lowest BCUT2D eigenvalue weighted by molar-refractivity contribution is -0.139. The highest BCUT2D eigenvalue weighted by molar-refractivity contribution is 7.80. The average Bonchev–Trinajstić information content (AvgIpc) is 2.61. The zero-order valence-electron chi connectivity index (χ0n) is 15.6. The maximum atomic E-state index is 12.4. The van der Waals surface area contributed by atoms with Crippen LogP contribution in [0.25, 0.3) is 0 Å². The van der Waals surface area contributed by atoms with Crippen molar-refractivity contribution in [1.82, 2.24) is 10.6 Å². The summed E-state index contributed by atoms with van der Waals surface area (Å²) < 4.78 is 20.4. The lowest BCUT2D eigenvalue weighted by Crippen LogP contribution is -2.45. The minimum absolute atomic E-state index is 0.197. The molecule has 0 spiro atoms. The predicted octanol–water partition coefficient (Wildman–Crippen LogP) is 2.59. The lowest BCUT2D eigenvalue weighted by atomic mass is 9.95. The monoisotopic (exact) mass is 394 g/mol. The number of carbonyl (C=O) groups is 2. The Morgan fingerprint density at radius 1 is 1.15 bits per heavy atom. The van der Waals surface area contributed by atoms with Crippen molar-refractivity contribution in [3.63, 3.8) is 0 Å². The van der Waals surface area contributed by atoms with Crippen molar-refractivity contribution >= 4 is 29.5 Å². The molecule has 0 bridgehead atoms. The minimum atomic E-state index is -0.826. The van der Waals surface area contributed by atoms with E-state index in [0.717, 1.165) is 0 Å². The van der Waals surface area contributed by atoms with Crippen molar-refractivity contribution in [2.24, 2.45) is 0 Å². The van der Waals surface area contributed by atoms with Gasteiger partial charge in [0.15, 0.2) is 16.6 Å². The van der Waals surface area contributed by atoms with E-state index in [9.17, 15) is 9.59 Å². The van der Waals surface area contributed by atoms with E-state index in [4.69, 9.17) is 31.2 Å². The van der Waals surface area contributed by atoms with Gasteiger partial charge in [-0.2, -0.15) is 0 Å².